The van der Waals surface area contributed by atoms with Gasteiger partial charge in [0.25, 0.3) is 0 Å². The Balaban J connectivity index is 2.06. The molecule has 0 aromatic heterocycles. The fraction of sp³-hybridized carbons (Fsp3) is 0.222. The van der Waals surface area contributed by atoms with Crippen LogP contribution in [-0.2, 0) is 13.1 Å². The molecule has 4 nitrogen and oxygen atoms in total. The molecule has 2 aromatic carbocycles. The summed E-state index contributed by atoms with van der Waals surface area (Å²) in [6.45, 7) is 1.38. The number of ether oxygens (including phenoxy) is 1. The smallest absolute Gasteiger partial charge is 0.174 e. The van der Waals surface area contributed by atoms with Gasteiger partial charge < -0.3 is 4.74 Å². The molecular formula is C18H16ClN3O. The monoisotopic (exact) mass is 325 g/mol. The summed E-state index contributed by atoms with van der Waals surface area (Å²) in [5.41, 5.74) is 2.70. The molecule has 0 saturated carbocycles. The molecule has 0 fully saturated rings. The molecule has 116 valence electrons. The first kappa shape index (κ1) is 16.8. The van der Waals surface area contributed by atoms with E-state index in [1.165, 1.54) is 0 Å². The number of hydrogen-bond donors (Lipinski definition) is 0. The van der Waals surface area contributed by atoms with Gasteiger partial charge in [-0.25, -0.2) is 0 Å². The number of halogens is 1. The lowest BCUT2D eigenvalue weighted by Crippen LogP contribution is -2.18. The number of nitrogens with zero attached hydrogens (tertiary/aromatic N) is 3. The van der Waals surface area contributed by atoms with Crippen LogP contribution in [0.1, 0.15) is 16.7 Å². The summed E-state index contributed by atoms with van der Waals surface area (Å²) in [6, 6.07) is 17.0. The van der Waals surface area contributed by atoms with Crippen molar-refractivity contribution in [2.75, 3.05) is 13.7 Å². The third kappa shape index (κ3) is 5.00. The molecule has 0 atom stereocenters. The van der Waals surface area contributed by atoms with Crippen molar-refractivity contribution >= 4 is 11.6 Å². The number of hydrogen-bond acceptors (Lipinski definition) is 4. The predicted molar refractivity (Wildman–Crippen MR) is 88.9 cm³/mol. The predicted octanol–water partition coefficient (Wildman–Crippen LogP) is 3.75. The Morgan fingerprint density at radius 1 is 1.09 bits per heavy atom. The molecule has 0 aliphatic rings. The second-order valence-corrected chi connectivity index (χ2v) is 5.62. The summed E-state index contributed by atoms with van der Waals surface area (Å²) in [5.74, 6) is 0.669. The zero-order valence-electron chi connectivity index (χ0n) is 12.8. The van der Waals surface area contributed by atoms with Gasteiger partial charge in [0.05, 0.1) is 11.6 Å². The highest BCUT2D eigenvalue weighted by atomic mass is 35.5. The maximum Gasteiger partial charge on any atom is 0.174 e. The molecule has 0 amide bonds. The maximum atomic E-state index is 8.82. The van der Waals surface area contributed by atoms with Crippen LogP contribution in [0.5, 0.6) is 5.75 Å². The van der Waals surface area contributed by atoms with E-state index in [9.17, 15) is 0 Å². The Labute approximate surface area is 141 Å². The maximum absolute atomic E-state index is 8.82. The van der Waals surface area contributed by atoms with Crippen LogP contribution in [0.25, 0.3) is 0 Å². The van der Waals surface area contributed by atoms with Gasteiger partial charge in [-0.3, -0.25) is 4.90 Å². The van der Waals surface area contributed by atoms with Gasteiger partial charge in [-0.1, -0.05) is 23.7 Å². The van der Waals surface area contributed by atoms with Crippen LogP contribution in [0.3, 0.4) is 0 Å². The minimum absolute atomic E-state index is 0.00791. The van der Waals surface area contributed by atoms with Crippen LogP contribution in [0.15, 0.2) is 42.5 Å². The Morgan fingerprint density at radius 2 is 1.83 bits per heavy atom. The van der Waals surface area contributed by atoms with Gasteiger partial charge in [0.2, 0.25) is 0 Å². The molecule has 2 aromatic rings. The topological polar surface area (TPSA) is 60.1 Å². The molecule has 2 rings (SSSR count). The summed E-state index contributed by atoms with van der Waals surface area (Å²) < 4.78 is 5.44. The Hall–Kier alpha value is -2.53. The lowest BCUT2D eigenvalue weighted by Gasteiger charge is -2.19. The lowest BCUT2D eigenvalue weighted by atomic mass is 10.1. The highest BCUT2D eigenvalue weighted by Crippen LogP contribution is 2.24. The third-order valence-electron chi connectivity index (χ3n) is 3.29. The molecule has 0 bridgehead atoms. The molecule has 0 aliphatic carbocycles. The highest BCUT2D eigenvalue weighted by Gasteiger charge is 2.09. The van der Waals surface area contributed by atoms with E-state index in [1.54, 1.807) is 12.1 Å². The second kappa shape index (κ2) is 8.19. The van der Waals surface area contributed by atoms with Crippen molar-refractivity contribution in [1.82, 2.24) is 4.90 Å². The van der Waals surface area contributed by atoms with Crippen LogP contribution >= 0.6 is 11.6 Å². The van der Waals surface area contributed by atoms with Gasteiger partial charge in [0, 0.05) is 23.7 Å². The number of benzene rings is 2. The van der Waals surface area contributed by atoms with Crippen LogP contribution in [-0.4, -0.2) is 18.6 Å². The van der Waals surface area contributed by atoms with Crippen LogP contribution < -0.4 is 4.74 Å². The molecule has 0 radical (unpaired) electrons. The van der Waals surface area contributed by atoms with Crippen molar-refractivity contribution in [2.45, 2.75) is 13.1 Å². The average Bonchev–Trinajstić information content (AvgIpc) is 2.55. The fourth-order valence-corrected chi connectivity index (χ4v) is 2.46. The Bertz CT molecular complexity index is 744. The van der Waals surface area contributed by atoms with Crippen LogP contribution in [0.2, 0.25) is 5.02 Å². The zero-order valence-corrected chi connectivity index (χ0v) is 13.5. The Morgan fingerprint density at radius 3 is 2.48 bits per heavy atom. The quantitative estimate of drug-likeness (QED) is 0.811. The SMILES string of the molecule is CN(Cc1ccc(C#N)cc1)Cc1cc(Cl)ccc1OCC#N. The van der Waals surface area contributed by atoms with Gasteiger partial charge in [-0.15, -0.1) is 0 Å². The van der Waals surface area contributed by atoms with Crippen LogP contribution in [0.4, 0.5) is 0 Å². The lowest BCUT2D eigenvalue weighted by molar-refractivity contribution is 0.304. The van der Waals surface area contributed by atoms with E-state index < -0.39 is 0 Å². The second-order valence-electron chi connectivity index (χ2n) is 5.18. The molecule has 0 spiro atoms. The van der Waals surface area contributed by atoms with Gasteiger partial charge in [0.15, 0.2) is 6.61 Å². The van der Waals surface area contributed by atoms with Crippen molar-refractivity contribution in [3.8, 4) is 17.9 Å². The largest absolute Gasteiger partial charge is 0.478 e. The Kier molecular flexibility index (Phi) is 6.00. The van der Waals surface area contributed by atoms with Gasteiger partial charge in [-0.2, -0.15) is 10.5 Å². The average molecular weight is 326 g/mol. The van der Waals surface area contributed by atoms with E-state index >= 15 is 0 Å². The van der Waals surface area contributed by atoms with Crippen molar-refractivity contribution in [3.05, 3.63) is 64.2 Å². The molecule has 0 heterocycles. The standard InChI is InChI=1S/C18H16ClN3O/c1-22(12-15-4-2-14(11-21)3-5-15)13-16-10-17(19)6-7-18(16)23-9-8-20/h2-7,10H,9,12-13H2,1H3. The summed E-state index contributed by atoms with van der Waals surface area (Å²) in [6.07, 6.45) is 0. The molecule has 0 aliphatic heterocycles. The third-order valence-corrected chi connectivity index (χ3v) is 3.53. The van der Waals surface area contributed by atoms with Crippen molar-refractivity contribution in [1.29, 1.82) is 10.5 Å². The van der Waals surface area contributed by atoms with Gasteiger partial charge in [0.1, 0.15) is 11.8 Å². The molecule has 0 saturated heterocycles. The molecule has 0 N–H and O–H groups in total. The highest BCUT2D eigenvalue weighted by molar-refractivity contribution is 6.30. The summed E-state index contributed by atoms with van der Waals surface area (Å²) in [4.78, 5) is 2.12. The summed E-state index contributed by atoms with van der Waals surface area (Å²) >= 11 is 6.06. The first-order valence-corrected chi connectivity index (χ1v) is 7.46. The zero-order chi connectivity index (χ0) is 16.7. The van der Waals surface area contributed by atoms with Crippen molar-refractivity contribution in [2.24, 2.45) is 0 Å². The van der Waals surface area contributed by atoms with E-state index in [1.807, 2.05) is 43.4 Å². The minimum atomic E-state index is 0.00791. The number of nitriles is 2. The van der Waals surface area contributed by atoms with Crippen molar-refractivity contribution in [3.63, 3.8) is 0 Å². The fourth-order valence-electron chi connectivity index (χ4n) is 2.27. The van der Waals surface area contributed by atoms with E-state index in [2.05, 4.69) is 11.0 Å². The van der Waals surface area contributed by atoms with Gasteiger partial charge >= 0.3 is 0 Å². The van der Waals surface area contributed by atoms with E-state index in [4.69, 9.17) is 26.9 Å². The number of rotatable bonds is 6. The van der Waals surface area contributed by atoms with E-state index in [0.717, 1.165) is 17.7 Å². The molecular weight excluding hydrogens is 310 g/mol. The minimum Gasteiger partial charge on any atom is -0.478 e. The van der Waals surface area contributed by atoms with Crippen molar-refractivity contribution < 1.29 is 4.74 Å². The molecule has 5 heteroatoms. The first-order valence-electron chi connectivity index (χ1n) is 7.08. The first-order chi connectivity index (χ1) is 11.1. The summed E-state index contributed by atoms with van der Waals surface area (Å²) in [7, 11) is 1.99. The van der Waals surface area contributed by atoms with Gasteiger partial charge in [-0.05, 0) is 42.9 Å². The van der Waals surface area contributed by atoms with E-state index in [0.29, 0.717) is 22.9 Å². The normalized spacial score (nSPS) is 10.1. The van der Waals surface area contributed by atoms with Crippen LogP contribution in [0, 0.1) is 22.7 Å². The van der Waals surface area contributed by atoms with E-state index in [-0.39, 0.29) is 6.61 Å². The molecule has 23 heavy (non-hydrogen) atoms. The molecule has 0 unspecified atom stereocenters. The summed E-state index contributed by atoms with van der Waals surface area (Å²) in [5, 5.41) is 18.1.